The maximum atomic E-state index is 11.9. The summed E-state index contributed by atoms with van der Waals surface area (Å²) >= 11 is 5.87. The molecule has 2 N–H and O–H groups in total. The van der Waals surface area contributed by atoms with Crippen LogP contribution in [-0.4, -0.2) is 23.4 Å². The van der Waals surface area contributed by atoms with E-state index in [9.17, 15) is 4.79 Å². The van der Waals surface area contributed by atoms with Gasteiger partial charge in [0.2, 0.25) is 5.91 Å². The molecular formula is C13H17ClN2O. The highest BCUT2D eigenvalue weighted by Gasteiger charge is 2.33. The lowest BCUT2D eigenvalue weighted by Crippen LogP contribution is -2.48. The maximum Gasteiger partial charge on any atom is 0.223 e. The van der Waals surface area contributed by atoms with Crippen molar-refractivity contribution in [2.45, 2.75) is 31.8 Å². The number of carbonyl (C=O) groups is 1. The smallest absolute Gasteiger partial charge is 0.223 e. The molecule has 0 aromatic heterocycles. The van der Waals surface area contributed by atoms with Gasteiger partial charge in [-0.15, -0.1) is 0 Å². The van der Waals surface area contributed by atoms with Gasteiger partial charge >= 0.3 is 0 Å². The van der Waals surface area contributed by atoms with E-state index in [1.54, 1.807) is 0 Å². The topological polar surface area (TPSA) is 46.3 Å². The molecule has 2 atom stereocenters. The third-order valence-electron chi connectivity index (χ3n) is 3.31. The minimum atomic E-state index is -0.0153. The summed E-state index contributed by atoms with van der Waals surface area (Å²) in [5.41, 5.74) is 7.22. The number of halogens is 1. The number of likely N-dealkylation sites (N-methyl/N-ethyl adjacent to an activating group) is 1. The van der Waals surface area contributed by atoms with Crippen LogP contribution >= 0.6 is 11.6 Å². The Balaban J connectivity index is 2.32. The molecule has 0 saturated carbocycles. The van der Waals surface area contributed by atoms with Crippen LogP contribution in [0.25, 0.3) is 0 Å². The fourth-order valence-corrected chi connectivity index (χ4v) is 2.56. The Morgan fingerprint density at radius 2 is 2.06 bits per heavy atom. The van der Waals surface area contributed by atoms with Crippen molar-refractivity contribution in [3.63, 3.8) is 0 Å². The number of nitrogens with two attached hydrogens (primary N) is 1. The van der Waals surface area contributed by atoms with Crippen LogP contribution in [0.4, 0.5) is 0 Å². The normalized spacial score (nSPS) is 25.1. The predicted octanol–water partition coefficient (Wildman–Crippen LogP) is 2.35. The van der Waals surface area contributed by atoms with Crippen LogP contribution in [0.2, 0.25) is 5.02 Å². The molecule has 1 amide bonds. The highest BCUT2D eigenvalue weighted by atomic mass is 35.5. The van der Waals surface area contributed by atoms with Crippen molar-refractivity contribution >= 4 is 17.5 Å². The fraction of sp³-hybridized carbons (Fsp3) is 0.462. The van der Waals surface area contributed by atoms with E-state index in [1.807, 2.05) is 36.1 Å². The zero-order chi connectivity index (χ0) is 12.4. The standard InChI is InChI=1S/C13H17ClN2O/c1-2-16-12(17)8-7-11(15)13(16)9-3-5-10(14)6-4-9/h3-6,11,13H,2,7-8,15H2,1H3. The van der Waals surface area contributed by atoms with Gasteiger partial charge in [-0.1, -0.05) is 23.7 Å². The Kier molecular flexibility index (Phi) is 3.69. The predicted molar refractivity (Wildman–Crippen MR) is 68.8 cm³/mol. The van der Waals surface area contributed by atoms with E-state index in [0.717, 1.165) is 12.0 Å². The third-order valence-corrected chi connectivity index (χ3v) is 3.56. The quantitative estimate of drug-likeness (QED) is 0.878. The van der Waals surface area contributed by atoms with Crippen LogP contribution in [0.1, 0.15) is 31.4 Å². The molecule has 1 saturated heterocycles. The van der Waals surface area contributed by atoms with Crippen molar-refractivity contribution < 1.29 is 4.79 Å². The Morgan fingerprint density at radius 1 is 1.41 bits per heavy atom. The van der Waals surface area contributed by atoms with Crippen LogP contribution in [0.5, 0.6) is 0 Å². The first kappa shape index (κ1) is 12.4. The highest BCUT2D eigenvalue weighted by Crippen LogP contribution is 2.31. The van der Waals surface area contributed by atoms with E-state index in [4.69, 9.17) is 17.3 Å². The lowest BCUT2D eigenvalue weighted by atomic mass is 9.90. The molecule has 0 radical (unpaired) electrons. The highest BCUT2D eigenvalue weighted by molar-refractivity contribution is 6.30. The van der Waals surface area contributed by atoms with Crippen LogP contribution in [0, 0.1) is 0 Å². The molecule has 1 aromatic rings. The molecule has 1 fully saturated rings. The lowest BCUT2D eigenvalue weighted by Gasteiger charge is -2.39. The maximum absolute atomic E-state index is 11.9. The summed E-state index contributed by atoms with van der Waals surface area (Å²) in [5, 5.41) is 0.701. The lowest BCUT2D eigenvalue weighted by molar-refractivity contribution is -0.137. The second-order valence-corrected chi connectivity index (χ2v) is 4.82. The molecular weight excluding hydrogens is 236 g/mol. The summed E-state index contributed by atoms with van der Waals surface area (Å²) in [6, 6.07) is 7.59. The fourth-order valence-electron chi connectivity index (χ4n) is 2.44. The first-order valence-electron chi connectivity index (χ1n) is 5.94. The van der Waals surface area contributed by atoms with Gasteiger partial charge in [-0.25, -0.2) is 0 Å². The Morgan fingerprint density at radius 3 is 2.65 bits per heavy atom. The van der Waals surface area contributed by atoms with Crippen molar-refractivity contribution in [3.8, 4) is 0 Å². The Labute approximate surface area is 107 Å². The number of likely N-dealkylation sites (tertiary alicyclic amines) is 1. The van der Waals surface area contributed by atoms with E-state index in [-0.39, 0.29) is 18.0 Å². The number of hydrogen-bond donors (Lipinski definition) is 1. The zero-order valence-corrected chi connectivity index (χ0v) is 10.7. The van der Waals surface area contributed by atoms with Crippen molar-refractivity contribution in [2.24, 2.45) is 5.73 Å². The summed E-state index contributed by atoms with van der Waals surface area (Å²) in [6.45, 7) is 2.68. The van der Waals surface area contributed by atoms with E-state index in [1.165, 1.54) is 0 Å². The number of amides is 1. The molecule has 0 spiro atoms. The number of carbonyl (C=O) groups excluding carboxylic acids is 1. The van der Waals surface area contributed by atoms with Crippen molar-refractivity contribution in [1.29, 1.82) is 0 Å². The average molecular weight is 253 g/mol. The molecule has 2 rings (SSSR count). The number of rotatable bonds is 2. The molecule has 17 heavy (non-hydrogen) atoms. The summed E-state index contributed by atoms with van der Waals surface area (Å²) in [6.07, 6.45) is 1.31. The van der Waals surface area contributed by atoms with E-state index < -0.39 is 0 Å². The monoisotopic (exact) mass is 252 g/mol. The molecule has 4 heteroatoms. The average Bonchev–Trinajstić information content (AvgIpc) is 2.33. The molecule has 1 aromatic carbocycles. The largest absolute Gasteiger partial charge is 0.334 e. The summed E-state index contributed by atoms with van der Waals surface area (Å²) in [7, 11) is 0. The molecule has 0 bridgehead atoms. The van der Waals surface area contributed by atoms with Gasteiger partial charge in [0, 0.05) is 24.0 Å². The van der Waals surface area contributed by atoms with E-state index >= 15 is 0 Å². The first-order chi connectivity index (χ1) is 8.13. The van der Waals surface area contributed by atoms with Gasteiger partial charge in [0.15, 0.2) is 0 Å². The molecule has 1 heterocycles. The van der Waals surface area contributed by atoms with Gasteiger partial charge in [0.05, 0.1) is 6.04 Å². The number of nitrogens with zero attached hydrogens (tertiary/aromatic N) is 1. The zero-order valence-electron chi connectivity index (χ0n) is 9.90. The summed E-state index contributed by atoms with van der Waals surface area (Å²) in [5.74, 6) is 0.189. The Hall–Kier alpha value is -1.06. The first-order valence-corrected chi connectivity index (χ1v) is 6.31. The van der Waals surface area contributed by atoms with Gasteiger partial charge in [0.25, 0.3) is 0 Å². The minimum absolute atomic E-state index is 0.00817. The van der Waals surface area contributed by atoms with Crippen LogP contribution in [0.3, 0.4) is 0 Å². The van der Waals surface area contributed by atoms with Crippen LogP contribution < -0.4 is 5.73 Å². The molecule has 2 unspecified atom stereocenters. The second kappa shape index (κ2) is 5.07. The van der Waals surface area contributed by atoms with Crippen LogP contribution in [0.15, 0.2) is 24.3 Å². The van der Waals surface area contributed by atoms with Gasteiger partial charge in [-0.05, 0) is 31.0 Å². The van der Waals surface area contributed by atoms with Gasteiger partial charge in [-0.3, -0.25) is 4.79 Å². The van der Waals surface area contributed by atoms with Crippen molar-refractivity contribution in [2.75, 3.05) is 6.54 Å². The van der Waals surface area contributed by atoms with Crippen molar-refractivity contribution in [1.82, 2.24) is 4.90 Å². The SMILES string of the molecule is CCN1C(=O)CCC(N)C1c1ccc(Cl)cc1. The third kappa shape index (κ3) is 2.45. The second-order valence-electron chi connectivity index (χ2n) is 4.38. The van der Waals surface area contributed by atoms with Crippen molar-refractivity contribution in [3.05, 3.63) is 34.9 Å². The molecule has 1 aliphatic heterocycles. The van der Waals surface area contributed by atoms with Gasteiger partial charge in [-0.2, -0.15) is 0 Å². The van der Waals surface area contributed by atoms with Gasteiger partial charge < -0.3 is 10.6 Å². The number of piperidine rings is 1. The van der Waals surface area contributed by atoms with E-state index in [0.29, 0.717) is 18.0 Å². The number of benzene rings is 1. The molecule has 3 nitrogen and oxygen atoms in total. The van der Waals surface area contributed by atoms with E-state index in [2.05, 4.69) is 0 Å². The minimum Gasteiger partial charge on any atom is -0.334 e. The van der Waals surface area contributed by atoms with Crippen LogP contribution in [-0.2, 0) is 4.79 Å². The molecule has 92 valence electrons. The summed E-state index contributed by atoms with van der Waals surface area (Å²) < 4.78 is 0. The number of hydrogen-bond acceptors (Lipinski definition) is 2. The van der Waals surface area contributed by atoms with Gasteiger partial charge in [0.1, 0.15) is 0 Å². The molecule has 1 aliphatic rings. The molecule has 0 aliphatic carbocycles. The Bertz CT molecular complexity index is 404. The summed E-state index contributed by atoms with van der Waals surface area (Å²) in [4.78, 5) is 13.7.